The Hall–Kier alpha value is -4.14. The summed E-state index contributed by atoms with van der Waals surface area (Å²) in [6, 6.07) is 4.67. The van der Waals surface area contributed by atoms with E-state index in [4.69, 9.17) is 32.6 Å². The Bertz CT molecular complexity index is 1190. The summed E-state index contributed by atoms with van der Waals surface area (Å²) < 4.78 is 11.9. The fourth-order valence-corrected chi connectivity index (χ4v) is 3.61. The van der Waals surface area contributed by atoms with Crippen LogP contribution < -0.4 is 31.6 Å². The number of aliphatic imine (C=N–C) groups is 1. The SMILES string of the molecule is C#CCOc1cc(Br)c(C2N=C(NC#N)Nc3nc(N)c(C#N)c(N)c32)cc1OCC. The van der Waals surface area contributed by atoms with E-state index >= 15 is 0 Å². The molecule has 11 heteroatoms. The summed E-state index contributed by atoms with van der Waals surface area (Å²) >= 11 is 3.53. The van der Waals surface area contributed by atoms with Gasteiger partial charge in [-0.3, -0.25) is 5.32 Å². The highest BCUT2D eigenvalue weighted by Crippen LogP contribution is 2.45. The molecule has 1 aromatic heterocycles. The highest BCUT2D eigenvalue weighted by Gasteiger charge is 2.31. The van der Waals surface area contributed by atoms with Crippen molar-refractivity contribution in [1.29, 1.82) is 10.5 Å². The lowest BCUT2D eigenvalue weighted by molar-refractivity contribution is 0.298. The number of rotatable bonds is 5. The molecular weight excluding hydrogens is 464 g/mol. The van der Waals surface area contributed by atoms with Crippen molar-refractivity contribution in [1.82, 2.24) is 10.3 Å². The van der Waals surface area contributed by atoms with Gasteiger partial charge >= 0.3 is 0 Å². The van der Waals surface area contributed by atoms with Crippen LogP contribution in [0.5, 0.6) is 11.5 Å². The van der Waals surface area contributed by atoms with Gasteiger partial charge in [0.1, 0.15) is 35.9 Å². The van der Waals surface area contributed by atoms with Gasteiger partial charge in [0.15, 0.2) is 17.7 Å². The molecule has 0 fully saturated rings. The number of halogens is 1. The Morgan fingerprint density at radius 3 is 2.68 bits per heavy atom. The number of aromatic nitrogens is 1. The zero-order valence-corrected chi connectivity index (χ0v) is 17.9. The molecule has 10 nitrogen and oxygen atoms in total. The van der Waals surface area contributed by atoms with Crippen molar-refractivity contribution in [2.45, 2.75) is 13.0 Å². The Kier molecular flexibility index (Phi) is 6.35. The molecule has 1 aromatic carbocycles. The van der Waals surface area contributed by atoms with Crippen molar-refractivity contribution in [2.24, 2.45) is 4.99 Å². The number of fused-ring (bicyclic) bond motifs is 1. The Morgan fingerprint density at radius 2 is 2.03 bits per heavy atom. The van der Waals surface area contributed by atoms with Crippen molar-refractivity contribution in [2.75, 3.05) is 30.0 Å². The molecule has 1 aliphatic heterocycles. The lowest BCUT2D eigenvalue weighted by atomic mass is 9.95. The first kappa shape index (κ1) is 21.6. The summed E-state index contributed by atoms with van der Waals surface area (Å²) in [5, 5.41) is 23.8. The van der Waals surface area contributed by atoms with Crippen LogP contribution in [0.15, 0.2) is 21.6 Å². The average Bonchev–Trinajstić information content (AvgIpc) is 2.73. The van der Waals surface area contributed by atoms with Gasteiger partial charge in [0.2, 0.25) is 5.96 Å². The maximum Gasteiger partial charge on any atom is 0.211 e. The second kappa shape index (κ2) is 9.12. The van der Waals surface area contributed by atoms with E-state index < -0.39 is 6.04 Å². The van der Waals surface area contributed by atoms with E-state index in [0.29, 0.717) is 33.7 Å². The first-order valence-electron chi connectivity index (χ1n) is 8.96. The summed E-state index contributed by atoms with van der Waals surface area (Å²) in [5.74, 6) is 3.71. The molecule has 1 aliphatic rings. The monoisotopic (exact) mass is 480 g/mol. The number of pyridine rings is 1. The molecular formula is C20H17BrN8O2. The molecule has 0 aliphatic carbocycles. The number of ether oxygens (including phenoxy) is 2. The number of nitrogens with two attached hydrogens (primary N) is 2. The standard InChI is InChI=1S/C20H17BrN8O2/c1-3-5-31-14-7-12(21)10(6-13(14)30-4-2)17-15-16(24)11(8-22)18(25)28-19(15)29-20(27-17)26-9-23/h1,6-7,17H,4-5H2,2H3,(H6,24,25,26,27,28,29). The topological polar surface area (TPSA) is 167 Å². The maximum absolute atomic E-state index is 9.46. The highest BCUT2D eigenvalue weighted by atomic mass is 79.9. The number of hydrogen-bond donors (Lipinski definition) is 4. The first-order chi connectivity index (χ1) is 14.9. The lowest BCUT2D eigenvalue weighted by Crippen LogP contribution is -2.32. The first-order valence-corrected chi connectivity index (χ1v) is 9.75. The molecule has 1 unspecified atom stereocenters. The fourth-order valence-electron chi connectivity index (χ4n) is 3.07. The zero-order chi connectivity index (χ0) is 22.5. The molecule has 6 N–H and O–H groups in total. The molecule has 1 atom stereocenters. The number of benzene rings is 1. The van der Waals surface area contributed by atoms with Crippen molar-refractivity contribution < 1.29 is 9.47 Å². The summed E-state index contributed by atoms with van der Waals surface area (Å²) in [6.45, 7) is 2.29. The van der Waals surface area contributed by atoms with Gasteiger partial charge < -0.3 is 26.3 Å². The summed E-state index contributed by atoms with van der Waals surface area (Å²) in [4.78, 5) is 8.79. The third-order valence-corrected chi connectivity index (χ3v) is 5.01. The smallest absolute Gasteiger partial charge is 0.211 e. The van der Waals surface area contributed by atoms with Crippen LogP contribution in [0.1, 0.15) is 29.7 Å². The van der Waals surface area contributed by atoms with Crippen LogP contribution >= 0.6 is 15.9 Å². The second-order valence-electron chi connectivity index (χ2n) is 6.15. The fraction of sp³-hybridized carbons (Fsp3) is 0.200. The summed E-state index contributed by atoms with van der Waals surface area (Å²) in [7, 11) is 0. The maximum atomic E-state index is 9.46. The van der Waals surface area contributed by atoms with Gasteiger partial charge in [-0.15, -0.1) is 6.42 Å². The lowest BCUT2D eigenvalue weighted by Gasteiger charge is -2.27. The van der Waals surface area contributed by atoms with Gasteiger partial charge in [-0.1, -0.05) is 21.9 Å². The highest BCUT2D eigenvalue weighted by molar-refractivity contribution is 9.10. The molecule has 156 valence electrons. The average molecular weight is 481 g/mol. The minimum Gasteiger partial charge on any atom is -0.490 e. The van der Waals surface area contributed by atoms with E-state index in [-0.39, 0.29) is 35.5 Å². The quantitative estimate of drug-likeness (QED) is 0.284. The molecule has 3 rings (SSSR count). The normalized spacial score (nSPS) is 14.0. The van der Waals surface area contributed by atoms with Gasteiger partial charge in [0.05, 0.1) is 12.3 Å². The molecule has 0 saturated carbocycles. The number of nitrogens with one attached hydrogen (secondary N) is 2. The van der Waals surface area contributed by atoms with Gasteiger partial charge in [0, 0.05) is 10.0 Å². The molecule has 0 radical (unpaired) electrons. The summed E-state index contributed by atoms with van der Waals surface area (Å²) in [6.07, 6.45) is 7.10. The van der Waals surface area contributed by atoms with Crippen molar-refractivity contribution >= 4 is 39.2 Å². The minimum atomic E-state index is -0.734. The third-order valence-electron chi connectivity index (χ3n) is 4.33. The van der Waals surface area contributed by atoms with Crippen LogP contribution in [0.3, 0.4) is 0 Å². The van der Waals surface area contributed by atoms with E-state index in [9.17, 15) is 5.26 Å². The third kappa shape index (κ3) is 4.11. The summed E-state index contributed by atoms with van der Waals surface area (Å²) in [5.41, 5.74) is 13.4. The molecule has 0 saturated heterocycles. The van der Waals surface area contributed by atoms with E-state index in [0.717, 1.165) is 0 Å². The van der Waals surface area contributed by atoms with Gasteiger partial charge in [-0.05, 0) is 24.6 Å². The van der Waals surface area contributed by atoms with E-state index in [1.54, 1.807) is 12.1 Å². The van der Waals surface area contributed by atoms with E-state index in [1.165, 1.54) is 0 Å². The predicted octanol–water partition coefficient (Wildman–Crippen LogP) is 2.23. The van der Waals surface area contributed by atoms with Gasteiger partial charge in [-0.2, -0.15) is 10.5 Å². The van der Waals surface area contributed by atoms with E-state index in [2.05, 4.69) is 42.5 Å². The van der Waals surface area contributed by atoms with Crippen LogP contribution in [0.2, 0.25) is 0 Å². The number of anilines is 3. The van der Waals surface area contributed by atoms with Gasteiger partial charge in [0.25, 0.3) is 0 Å². The van der Waals surface area contributed by atoms with Gasteiger partial charge in [-0.25, -0.2) is 9.98 Å². The number of nitrogen functional groups attached to an aromatic ring is 2. The Balaban J connectivity index is 2.24. The number of guanidine groups is 1. The Labute approximate surface area is 187 Å². The number of hydrogen-bond acceptors (Lipinski definition) is 10. The van der Waals surface area contributed by atoms with Crippen molar-refractivity contribution in [3.8, 4) is 36.1 Å². The minimum absolute atomic E-state index is 0.0321. The number of nitriles is 2. The second-order valence-corrected chi connectivity index (χ2v) is 7.00. The number of terminal acetylenes is 1. The Morgan fingerprint density at radius 1 is 1.29 bits per heavy atom. The predicted molar refractivity (Wildman–Crippen MR) is 119 cm³/mol. The zero-order valence-electron chi connectivity index (χ0n) is 16.4. The van der Waals surface area contributed by atoms with Crippen LogP contribution in [-0.2, 0) is 0 Å². The molecule has 2 aromatic rings. The van der Waals surface area contributed by atoms with Crippen molar-refractivity contribution in [3.05, 3.63) is 33.3 Å². The van der Waals surface area contributed by atoms with Crippen LogP contribution in [0.25, 0.3) is 0 Å². The molecule has 0 spiro atoms. The molecule has 0 amide bonds. The van der Waals surface area contributed by atoms with Crippen LogP contribution in [-0.4, -0.2) is 24.2 Å². The van der Waals surface area contributed by atoms with Crippen molar-refractivity contribution in [3.63, 3.8) is 0 Å². The van der Waals surface area contributed by atoms with E-state index in [1.807, 2.05) is 19.2 Å². The molecule has 0 bridgehead atoms. The molecule has 2 heterocycles. The largest absolute Gasteiger partial charge is 0.490 e. The van der Waals surface area contributed by atoms with Crippen LogP contribution in [0.4, 0.5) is 17.3 Å². The number of nitrogens with zero attached hydrogens (tertiary/aromatic N) is 4. The van der Waals surface area contributed by atoms with Crippen LogP contribution in [0, 0.1) is 35.1 Å². The molecule has 31 heavy (non-hydrogen) atoms.